The zero-order valence-corrected chi connectivity index (χ0v) is 16.0. The van der Waals surface area contributed by atoms with Gasteiger partial charge in [0, 0.05) is 17.6 Å². The molecule has 1 heterocycles. The van der Waals surface area contributed by atoms with Gasteiger partial charge in [0.25, 0.3) is 11.8 Å². The molecule has 0 aliphatic rings. The number of aryl methyl sites for hydroxylation is 2. The number of aromatic nitrogens is 1. The highest BCUT2D eigenvalue weighted by molar-refractivity contribution is 6.06. The Morgan fingerprint density at radius 2 is 1.29 bits per heavy atom. The molecule has 0 saturated carbocycles. The lowest BCUT2D eigenvalue weighted by atomic mass is 10.1. The van der Waals surface area contributed by atoms with Gasteiger partial charge in [-0.05, 0) is 48.2 Å². The summed E-state index contributed by atoms with van der Waals surface area (Å²) in [5, 5.41) is 5.78. The number of pyridine rings is 1. The molecular weight excluding hydrogens is 350 g/mol. The van der Waals surface area contributed by atoms with Crippen molar-refractivity contribution in [1.29, 1.82) is 0 Å². The molecule has 28 heavy (non-hydrogen) atoms. The van der Waals surface area contributed by atoms with E-state index in [-0.39, 0.29) is 17.5 Å². The number of carbonyl (C=O) groups is 2. The number of benzene rings is 2. The van der Waals surface area contributed by atoms with Crippen LogP contribution < -0.4 is 10.6 Å². The van der Waals surface area contributed by atoms with Gasteiger partial charge >= 0.3 is 0 Å². The summed E-state index contributed by atoms with van der Waals surface area (Å²) < 4.78 is 0. The summed E-state index contributed by atoms with van der Waals surface area (Å²) >= 11 is 0. The summed E-state index contributed by atoms with van der Waals surface area (Å²) in [5.74, 6) is -0.555. The van der Waals surface area contributed by atoms with Crippen LogP contribution in [0, 0.1) is 0 Å². The molecule has 0 aliphatic carbocycles. The van der Waals surface area contributed by atoms with Crippen LogP contribution in [0.2, 0.25) is 0 Å². The van der Waals surface area contributed by atoms with E-state index in [4.69, 9.17) is 0 Å². The second kappa shape index (κ2) is 8.95. The predicted octanol–water partition coefficient (Wildman–Crippen LogP) is 4.71. The van der Waals surface area contributed by atoms with E-state index >= 15 is 0 Å². The van der Waals surface area contributed by atoms with Crippen molar-refractivity contribution in [2.24, 2.45) is 0 Å². The first-order valence-corrected chi connectivity index (χ1v) is 9.37. The average molecular weight is 373 g/mol. The Morgan fingerprint density at radius 3 is 1.79 bits per heavy atom. The Hall–Kier alpha value is -3.47. The maximum atomic E-state index is 12.5. The fourth-order valence-electron chi connectivity index (χ4n) is 2.94. The van der Waals surface area contributed by atoms with Gasteiger partial charge in [0.15, 0.2) is 0 Å². The minimum atomic E-state index is -0.302. The molecule has 3 rings (SSSR count). The number of nitrogens with zero attached hydrogens (tertiary/aromatic N) is 1. The monoisotopic (exact) mass is 373 g/mol. The maximum Gasteiger partial charge on any atom is 0.274 e. The summed E-state index contributed by atoms with van der Waals surface area (Å²) in [6.07, 6.45) is 3.07. The van der Waals surface area contributed by atoms with Gasteiger partial charge in [0.05, 0.1) is 5.56 Å². The lowest BCUT2D eigenvalue weighted by molar-refractivity contribution is 0.101. The lowest BCUT2D eigenvalue weighted by Gasteiger charge is -2.11. The molecule has 0 saturated heterocycles. The summed E-state index contributed by atoms with van der Waals surface area (Å²) in [4.78, 5) is 29.1. The smallest absolute Gasteiger partial charge is 0.274 e. The van der Waals surface area contributed by atoms with Crippen molar-refractivity contribution >= 4 is 23.2 Å². The third-order valence-corrected chi connectivity index (χ3v) is 4.55. The highest BCUT2D eigenvalue weighted by Gasteiger charge is 2.13. The third kappa shape index (κ3) is 4.43. The summed E-state index contributed by atoms with van der Waals surface area (Å²) in [6.45, 7) is 4.07. The van der Waals surface area contributed by atoms with Gasteiger partial charge in [0.1, 0.15) is 5.69 Å². The number of hydrogen-bond acceptors (Lipinski definition) is 3. The molecular formula is C23H23N3O2. The van der Waals surface area contributed by atoms with Crippen LogP contribution in [0.5, 0.6) is 0 Å². The quantitative estimate of drug-likeness (QED) is 0.657. The lowest BCUT2D eigenvalue weighted by Crippen LogP contribution is -2.17. The van der Waals surface area contributed by atoms with Crippen LogP contribution in [-0.4, -0.2) is 16.8 Å². The second-order valence-corrected chi connectivity index (χ2v) is 6.36. The van der Waals surface area contributed by atoms with E-state index in [1.807, 2.05) is 62.4 Å². The maximum absolute atomic E-state index is 12.5. The van der Waals surface area contributed by atoms with E-state index in [9.17, 15) is 9.59 Å². The Labute approximate surface area is 164 Å². The highest BCUT2D eigenvalue weighted by Crippen LogP contribution is 2.18. The molecule has 0 aliphatic heterocycles. The molecule has 2 N–H and O–H groups in total. The zero-order chi connectivity index (χ0) is 19.9. The predicted molar refractivity (Wildman–Crippen MR) is 112 cm³/mol. The standard InChI is InChI=1S/C23H23N3O2/c1-3-16-9-5-7-11-19(16)25-22(27)18-13-14-21(24-15-18)23(28)26-20-12-8-6-10-17(20)4-2/h5-15H,3-4H2,1-2H3,(H,25,27)(H,26,28). The van der Waals surface area contributed by atoms with Gasteiger partial charge in [-0.3, -0.25) is 14.6 Å². The molecule has 5 nitrogen and oxygen atoms in total. The van der Waals surface area contributed by atoms with Crippen molar-refractivity contribution in [2.75, 3.05) is 10.6 Å². The van der Waals surface area contributed by atoms with Crippen molar-refractivity contribution < 1.29 is 9.59 Å². The highest BCUT2D eigenvalue weighted by atomic mass is 16.2. The first kappa shape index (κ1) is 19.3. The van der Waals surface area contributed by atoms with Gasteiger partial charge in [-0.15, -0.1) is 0 Å². The number of rotatable bonds is 6. The largest absolute Gasteiger partial charge is 0.322 e. The molecule has 0 atom stereocenters. The molecule has 5 heteroatoms. The minimum Gasteiger partial charge on any atom is -0.322 e. The van der Waals surface area contributed by atoms with Crippen molar-refractivity contribution in [2.45, 2.75) is 26.7 Å². The normalized spacial score (nSPS) is 10.4. The van der Waals surface area contributed by atoms with Gasteiger partial charge in [0.2, 0.25) is 0 Å². The number of para-hydroxylation sites is 2. The number of anilines is 2. The van der Waals surface area contributed by atoms with E-state index < -0.39 is 0 Å². The summed E-state index contributed by atoms with van der Waals surface area (Å²) in [5.41, 5.74) is 4.34. The van der Waals surface area contributed by atoms with E-state index in [1.165, 1.54) is 6.20 Å². The molecule has 2 amide bonds. The average Bonchev–Trinajstić information content (AvgIpc) is 2.74. The van der Waals surface area contributed by atoms with Crippen LogP contribution in [0.4, 0.5) is 11.4 Å². The molecule has 142 valence electrons. The van der Waals surface area contributed by atoms with Crippen LogP contribution in [0.15, 0.2) is 66.9 Å². The van der Waals surface area contributed by atoms with Gasteiger partial charge in [-0.2, -0.15) is 0 Å². The van der Waals surface area contributed by atoms with E-state index in [1.54, 1.807) is 12.1 Å². The Balaban J connectivity index is 1.70. The third-order valence-electron chi connectivity index (χ3n) is 4.55. The Kier molecular flexibility index (Phi) is 6.17. The molecule has 3 aromatic rings. The van der Waals surface area contributed by atoms with Crippen molar-refractivity contribution in [3.8, 4) is 0 Å². The Morgan fingerprint density at radius 1 is 0.750 bits per heavy atom. The fraction of sp³-hybridized carbons (Fsp3) is 0.174. The molecule has 0 radical (unpaired) electrons. The van der Waals surface area contributed by atoms with Gasteiger partial charge in [-0.1, -0.05) is 50.2 Å². The number of carbonyl (C=O) groups excluding carboxylic acids is 2. The van der Waals surface area contributed by atoms with Gasteiger partial charge in [-0.25, -0.2) is 0 Å². The van der Waals surface area contributed by atoms with Crippen LogP contribution in [0.25, 0.3) is 0 Å². The molecule has 2 aromatic carbocycles. The van der Waals surface area contributed by atoms with Crippen molar-refractivity contribution in [1.82, 2.24) is 4.98 Å². The molecule has 0 unspecified atom stereocenters. The topological polar surface area (TPSA) is 71.1 Å². The van der Waals surface area contributed by atoms with E-state index in [0.717, 1.165) is 35.3 Å². The molecule has 0 fully saturated rings. The van der Waals surface area contributed by atoms with Crippen molar-refractivity contribution in [3.05, 3.63) is 89.2 Å². The molecule has 0 spiro atoms. The van der Waals surface area contributed by atoms with Crippen LogP contribution in [-0.2, 0) is 12.8 Å². The first-order chi connectivity index (χ1) is 13.6. The van der Waals surface area contributed by atoms with Crippen LogP contribution in [0.3, 0.4) is 0 Å². The Bertz CT molecular complexity index is 901. The van der Waals surface area contributed by atoms with Gasteiger partial charge < -0.3 is 10.6 Å². The van der Waals surface area contributed by atoms with Crippen LogP contribution in [0.1, 0.15) is 45.8 Å². The fourth-order valence-corrected chi connectivity index (χ4v) is 2.94. The second-order valence-electron chi connectivity index (χ2n) is 6.36. The number of amides is 2. The van der Waals surface area contributed by atoms with E-state index in [2.05, 4.69) is 15.6 Å². The number of hydrogen-bond donors (Lipinski definition) is 2. The summed E-state index contributed by atoms with van der Waals surface area (Å²) in [6, 6.07) is 18.5. The van der Waals surface area contributed by atoms with Crippen LogP contribution >= 0.6 is 0 Å². The first-order valence-electron chi connectivity index (χ1n) is 9.37. The summed E-state index contributed by atoms with van der Waals surface area (Å²) in [7, 11) is 0. The zero-order valence-electron chi connectivity index (χ0n) is 16.0. The van der Waals surface area contributed by atoms with Crippen molar-refractivity contribution in [3.63, 3.8) is 0 Å². The SMILES string of the molecule is CCc1ccccc1NC(=O)c1ccc(C(=O)Nc2ccccc2CC)nc1. The van der Waals surface area contributed by atoms with E-state index in [0.29, 0.717) is 5.56 Å². The molecule has 0 bridgehead atoms. The number of nitrogens with one attached hydrogen (secondary N) is 2. The minimum absolute atomic E-state index is 0.253. The molecule has 1 aromatic heterocycles.